The van der Waals surface area contributed by atoms with Gasteiger partial charge in [0.25, 0.3) is 0 Å². The Bertz CT molecular complexity index is 628. The lowest BCUT2D eigenvalue weighted by Crippen LogP contribution is -3.13. The minimum atomic E-state index is -0.577. The summed E-state index contributed by atoms with van der Waals surface area (Å²) in [7, 11) is 0. The van der Waals surface area contributed by atoms with Crippen LogP contribution in [-0.2, 0) is 11.3 Å². The number of carbonyl (C=O) groups is 1. The Balaban J connectivity index is 0.00000208. The first-order chi connectivity index (χ1) is 11.2. The molecule has 1 aliphatic rings. The average molecular weight is 365 g/mol. The van der Waals surface area contributed by atoms with Crippen LogP contribution in [0.4, 0.5) is 0 Å². The van der Waals surface area contributed by atoms with Gasteiger partial charge in [0.2, 0.25) is 5.91 Å². The van der Waals surface area contributed by atoms with Gasteiger partial charge in [0.15, 0.2) is 0 Å². The van der Waals surface area contributed by atoms with E-state index in [9.17, 15) is 4.79 Å². The minimum Gasteiger partial charge on any atom is -1.00 e. The zero-order valence-corrected chi connectivity index (χ0v) is 15.0. The summed E-state index contributed by atoms with van der Waals surface area (Å²) >= 11 is 6.36. The van der Waals surface area contributed by atoms with Gasteiger partial charge in [-0.25, -0.2) is 0 Å². The van der Waals surface area contributed by atoms with E-state index in [0.29, 0.717) is 0 Å². The van der Waals surface area contributed by atoms with Crippen LogP contribution in [0.5, 0.6) is 0 Å². The number of rotatable bonds is 4. The Hall–Kier alpha value is -1.55. The van der Waals surface area contributed by atoms with Crippen LogP contribution in [0.3, 0.4) is 0 Å². The fourth-order valence-corrected chi connectivity index (χ4v) is 3.31. The van der Waals surface area contributed by atoms with Gasteiger partial charge < -0.3 is 22.2 Å². The first-order valence-corrected chi connectivity index (χ1v) is 8.53. The number of nitrogens with one attached hydrogen (secondary N) is 1. The van der Waals surface area contributed by atoms with Crippen molar-refractivity contribution in [2.24, 2.45) is 0 Å². The highest BCUT2D eigenvalue weighted by atomic mass is 35.5. The van der Waals surface area contributed by atoms with E-state index in [0.717, 1.165) is 38.3 Å². The standard InChI is InChI=1S/C19H21ClN2O.ClH/c20-18(17-9-5-2-6-10-17)19(23)22-13-11-21(12-14-22)15-16-7-3-1-4-8-16;/h1-10,18H,11-15H2;1H. The van der Waals surface area contributed by atoms with E-state index in [1.807, 2.05) is 41.3 Å². The molecule has 24 heavy (non-hydrogen) atoms. The van der Waals surface area contributed by atoms with Crippen LogP contribution in [0.15, 0.2) is 60.7 Å². The molecule has 1 aliphatic heterocycles. The molecule has 0 aromatic heterocycles. The first kappa shape index (κ1) is 18.8. The molecule has 2 aromatic carbocycles. The van der Waals surface area contributed by atoms with Crippen molar-refractivity contribution in [1.29, 1.82) is 0 Å². The van der Waals surface area contributed by atoms with Crippen LogP contribution in [0.25, 0.3) is 0 Å². The summed E-state index contributed by atoms with van der Waals surface area (Å²) in [6, 6.07) is 20.1. The lowest BCUT2D eigenvalue weighted by molar-refractivity contribution is -0.917. The number of halogens is 2. The maximum Gasteiger partial charge on any atom is 0.245 e. The number of alkyl halides is 1. The van der Waals surface area contributed by atoms with Crippen molar-refractivity contribution in [2.75, 3.05) is 26.2 Å². The Morgan fingerprint density at radius 3 is 2.12 bits per heavy atom. The molecule has 0 bridgehead atoms. The molecule has 1 heterocycles. The van der Waals surface area contributed by atoms with Crippen molar-refractivity contribution >= 4 is 17.5 Å². The van der Waals surface area contributed by atoms with Gasteiger partial charge in [0, 0.05) is 5.56 Å². The highest BCUT2D eigenvalue weighted by Crippen LogP contribution is 2.22. The first-order valence-electron chi connectivity index (χ1n) is 8.09. The Morgan fingerprint density at radius 2 is 1.54 bits per heavy atom. The van der Waals surface area contributed by atoms with Crippen LogP contribution < -0.4 is 17.3 Å². The van der Waals surface area contributed by atoms with E-state index in [2.05, 4.69) is 24.3 Å². The fourth-order valence-electron chi connectivity index (χ4n) is 3.03. The summed E-state index contributed by atoms with van der Waals surface area (Å²) < 4.78 is 0. The van der Waals surface area contributed by atoms with E-state index in [1.54, 1.807) is 0 Å². The minimum absolute atomic E-state index is 0. The molecule has 0 radical (unpaired) electrons. The van der Waals surface area contributed by atoms with Gasteiger partial charge in [-0.3, -0.25) is 4.79 Å². The number of amides is 1. The topological polar surface area (TPSA) is 24.8 Å². The molecule has 128 valence electrons. The molecule has 0 spiro atoms. The SMILES string of the molecule is O=C(C(Cl)c1ccccc1)N1CC[NH+](Cc2ccccc2)CC1.[Cl-]. The van der Waals surface area contributed by atoms with Crippen LogP contribution in [0.2, 0.25) is 0 Å². The van der Waals surface area contributed by atoms with Gasteiger partial charge in [-0.1, -0.05) is 60.7 Å². The third kappa shape index (κ3) is 4.73. The Kier molecular flexibility index (Phi) is 7.10. The van der Waals surface area contributed by atoms with Gasteiger partial charge in [-0.2, -0.15) is 0 Å². The molecule has 5 heteroatoms. The van der Waals surface area contributed by atoms with E-state index in [1.165, 1.54) is 10.5 Å². The van der Waals surface area contributed by atoms with Gasteiger partial charge in [-0.05, 0) is 5.56 Å². The number of piperazine rings is 1. The van der Waals surface area contributed by atoms with Crippen LogP contribution >= 0.6 is 11.6 Å². The molecule has 1 saturated heterocycles. The second-order valence-electron chi connectivity index (χ2n) is 6.01. The van der Waals surface area contributed by atoms with E-state index >= 15 is 0 Å². The summed E-state index contributed by atoms with van der Waals surface area (Å²) in [5, 5.41) is -0.577. The molecule has 3 nitrogen and oxygen atoms in total. The summed E-state index contributed by atoms with van der Waals surface area (Å²) in [6.07, 6.45) is 0. The second kappa shape index (κ2) is 9.07. The summed E-state index contributed by atoms with van der Waals surface area (Å²) in [5.74, 6) is 0.0247. The molecule has 1 N–H and O–H groups in total. The maximum atomic E-state index is 12.5. The highest BCUT2D eigenvalue weighted by molar-refractivity contribution is 6.30. The van der Waals surface area contributed by atoms with Gasteiger partial charge in [0.05, 0.1) is 26.2 Å². The third-order valence-electron chi connectivity index (χ3n) is 4.39. The normalized spacial score (nSPS) is 16.3. The summed E-state index contributed by atoms with van der Waals surface area (Å²) in [6.45, 7) is 4.51. The smallest absolute Gasteiger partial charge is 0.245 e. The van der Waals surface area contributed by atoms with E-state index in [4.69, 9.17) is 11.6 Å². The molecule has 1 unspecified atom stereocenters. The van der Waals surface area contributed by atoms with Crippen molar-refractivity contribution in [1.82, 2.24) is 4.90 Å². The number of hydrogen-bond acceptors (Lipinski definition) is 1. The van der Waals surface area contributed by atoms with E-state index < -0.39 is 5.38 Å². The van der Waals surface area contributed by atoms with Crippen LogP contribution in [0.1, 0.15) is 16.5 Å². The Labute approximate surface area is 154 Å². The van der Waals surface area contributed by atoms with Gasteiger partial charge in [-0.15, -0.1) is 11.6 Å². The van der Waals surface area contributed by atoms with E-state index in [-0.39, 0.29) is 18.3 Å². The average Bonchev–Trinajstić information content (AvgIpc) is 2.63. The Morgan fingerprint density at radius 1 is 1.00 bits per heavy atom. The molecule has 2 aromatic rings. The molecular formula is C19H22Cl2N2O. The largest absolute Gasteiger partial charge is 1.00 e. The zero-order valence-electron chi connectivity index (χ0n) is 13.5. The van der Waals surface area contributed by atoms with Crippen LogP contribution in [0, 0.1) is 0 Å². The van der Waals surface area contributed by atoms with Crippen molar-refractivity contribution in [2.45, 2.75) is 11.9 Å². The molecular weight excluding hydrogens is 343 g/mol. The monoisotopic (exact) mass is 364 g/mol. The second-order valence-corrected chi connectivity index (χ2v) is 6.45. The van der Waals surface area contributed by atoms with Crippen molar-refractivity contribution in [3.63, 3.8) is 0 Å². The maximum absolute atomic E-state index is 12.5. The van der Waals surface area contributed by atoms with Crippen molar-refractivity contribution in [3.05, 3.63) is 71.8 Å². The quantitative estimate of drug-likeness (QED) is 0.684. The van der Waals surface area contributed by atoms with Crippen molar-refractivity contribution in [3.8, 4) is 0 Å². The molecule has 0 aliphatic carbocycles. The number of benzene rings is 2. The predicted molar refractivity (Wildman–Crippen MR) is 92.5 cm³/mol. The number of hydrogen-bond donors (Lipinski definition) is 1. The highest BCUT2D eigenvalue weighted by Gasteiger charge is 2.28. The van der Waals surface area contributed by atoms with Gasteiger partial charge >= 0.3 is 0 Å². The molecule has 1 atom stereocenters. The van der Waals surface area contributed by atoms with Crippen molar-refractivity contribution < 1.29 is 22.1 Å². The predicted octanol–water partition coefficient (Wildman–Crippen LogP) is -1.10. The summed E-state index contributed by atoms with van der Waals surface area (Å²) in [4.78, 5) is 16.0. The lowest BCUT2D eigenvalue weighted by Gasteiger charge is -2.33. The third-order valence-corrected chi connectivity index (χ3v) is 4.83. The van der Waals surface area contributed by atoms with Crippen LogP contribution in [-0.4, -0.2) is 37.0 Å². The number of nitrogens with zero attached hydrogens (tertiary/aromatic N) is 1. The molecule has 3 rings (SSSR count). The number of quaternary nitrogens is 1. The molecule has 1 amide bonds. The summed E-state index contributed by atoms with van der Waals surface area (Å²) in [5.41, 5.74) is 2.22. The fraction of sp³-hybridized carbons (Fsp3) is 0.316. The molecule has 0 saturated carbocycles. The number of carbonyl (C=O) groups excluding carboxylic acids is 1. The molecule has 1 fully saturated rings. The van der Waals surface area contributed by atoms with Gasteiger partial charge in [0.1, 0.15) is 11.9 Å². The lowest BCUT2D eigenvalue weighted by atomic mass is 10.1. The zero-order chi connectivity index (χ0) is 16.1.